The molecule has 7 heteroatoms. The van der Waals surface area contributed by atoms with E-state index in [-0.39, 0.29) is 34.5 Å². The van der Waals surface area contributed by atoms with Crippen molar-refractivity contribution in [2.75, 3.05) is 26.2 Å². The fraction of sp³-hybridized carbons (Fsp3) is 0.911. The average molecular weight is 727 g/mol. The van der Waals surface area contributed by atoms with E-state index in [1.54, 1.807) is 5.57 Å². The van der Waals surface area contributed by atoms with Crippen molar-refractivity contribution in [1.82, 2.24) is 10.2 Å². The van der Waals surface area contributed by atoms with E-state index in [2.05, 4.69) is 39.1 Å². The number of carbonyl (C=O) groups excluding carboxylic acids is 2. The summed E-state index contributed by atoms with van der Waals surface area (Å²) in [6.07, 6.45) is 22.9. The van der Waals surface area contributed by atoms with Crippen LogP contribution in [-0.4, -0.2) is 60.1 Å². The van der Waals surface area contributed by atoms with Crippen molar-refractivity contribution in [3.63, 3.8) is 0 Å². The van der Waals surface area contributed by atoms with Gasteiger partial charge in [0, 0.05) is 43.4 Å². The minimum atomic E-state index is -0.326. The first-order chi connectivity index (χ1) is 24.4. The van der Waals surface area contributed by atoms with Crippen LogP contribution in [0.5, 0.6) is 0 Å². The maximum absolute atomic E-state index is 13.3. The maximum Gasteiger partial charge on any atom is 0.306 e. The Bertz CT molecular complexity index is 1170. The zero-order valence-electron chi connectivity index (χ0n) is 35.1. The molecule has 0 aromatic carbocycles. The Morgan fingerprint density at radius 3 is 2.35 bits per heavy atom. The fourth-order valence-electron chi connectivity index (χ4n) is 10.9. The monoisotopic (exact) mass is 727 g/mol. The summed E-state index contributed by atoms with van der Waals surface area (Å²) in [7, 11) is 0. The summed E-state index contributed by atoms with van der Waals surface area (Å²) in [6, 6.07) is 0. The van der Waals surface area contributed by atoms with Crippen LogP contribution in [0, 0.1) is 40.4 Å². The molecule has 5 N–H and O–H groups in total. The number of ether oxygens (including phenoxy) is 1. The highest BCUT2D eigenvalue weighted by atomic mass is 16.5. The van der Waals surface area contributed by atoms with Gasteiger partial charge in [0.1, 0.15) is 6.10 Å². The summed E-state index contributed by atoms with van der Waals surface area (Å²) in [4.78, 5) is 28.3. The minimum absolute atomic E-state index is 0.0255. The lowest BCUT2D eigenvalue weighted by Crippen LogP contribution is -2.50. The predicted octanol–water partition coefficient (Wildman–Crippen LogP) is 9.32. The van der Waals surface area contributed by atoms with Crippen LogP contribution in [0.1, 0.15) is 177 Å². The van der Waals surface area contributed by atoms with Crippen molar-refractivity contribution in [3.8, 4) is 0 Å². The van der Waals surface area contributed by atoms with E-state index in [0.717, 1.165) is 94.2 Å². The third-order valence-corrected chi connectivity index (χ3v) is 14.3. The summed E-state index contributed by atoms with van der Waals surface area (Å²) in [5.74, 6) is 4.20. The minimum Gasteiger partial charge on any atom is -0.462 e. The number of hydrogen-bond donors (Lipinski definition) is 3. The van der Waals surface area contributed by atoms with E-state index < -0.39 is 0 Å². The molecule has 0 spiro atoms. The van der Waals surface area contributed by atoms with Gasteiger partial charge in [0.05, 0.1) is 0 Å². The molecule has 7 atom stereocenters. The lowest BCUT2D eigenvalue weighted by Gasteiger charge is -2.58. The SMILES string of the molecule is CC(C)CCCCC1CCC2C3CC=C4CC(OC(=O)CCCC(=O)N(CCCCNCCC(C)(C)N)CCC(C)(C)N)CCC4(C)C3CCC12C. The molecule has 3 fully saturated rings. The first-order valence-corrected chi connectivity index (χ1v) is 21.9. The standard InChI is InChI=1S/C45H82N4O3/c1-33(2)14-9-10-15-34-19-21-38-37-20-18-35-32-36(22-24-45(35,8)39(37)23-25-44(34,38)7)52-41(51)17-13-16-40(50)49(31-27-43(5,6)47)30-12-11-28-48-29-26-42(3,4)46/h18,33-34,36-39,48H,9-17,19-32,46-47H2,1-8H3. The first kappa shape index (κ1) is 43.3. The predicted molar refractivity (Wildman–Crippen MR) is 217 cm³/mol. The lowest BCUT2D eigenvalue weighted by molar-refractivity contribution is -0.151. The Labute approximate surface area is 320 Å². The Balaban J connectivity index is 1.21. The zero-order chi connectivity index (χ0) is 38.2. The van der Waals surface area contributed by atoms with Crippen LogP contribution in [0.4, 0.5) is 0 Å². The molecule has 300 valence electrons. The third kappa shape index (κ3) is 12.3. The molecule has 0 heterocycles. The topological polar surface area (TPSA) is 111 Å². The highest BCUT2D eigenvalue weighted by molar-refractivity contribution is 5.77. The largest absolute Gasteiger partial charge is 0.462 e. The van der Waals surface area contributed by atoms with Gasteiger partial charge < -0.3 is 26.4 Å². The molecule has 52 heavy (non-hydrogen) atoms. The number of nitrogens with one attached hydrogen (secondary N) is 1. The number of nitrogens with two attached hydrogens (primary N) is 2. The molecular weight excluding hydrogens is 645 g/mol. The van der Waals surface area contributed by atoms with Gasteiger partial charge in [-0.3, -0.25) is 9.59 Å². The Kier molecular flexibility index (Phi) is 15.8. The van der Waals surface area contributed by atoms with Crippen LogP contribution < -0.4 is 16.8 Å². The number of carbonyl (C=O) groups is 2. The van der Waals surface area contributed by atoms with Gasteiger partial charge in [0.15, 0.2) is 0 Å². The number of rotatable bonds is 21. The Morgan fingerprint density at radius 2 is 1.63 bits per heavy atom. The van der Waals surface area contributed by atoms with Gasteiger partial charge in [-0.1, -0.05) is 58.6 Å². The van der Waals surface area contributed by atoms with Gasteiger partial charge in [0.25, 0.3) is 0 Å². The number of fused-ring (bicyclic) bond motifs is 5. The molecule has 0 saturated heterocycles. The van der Waals surface area contributed by atoms with Crippen LogP contribution in [0.25, 0.3) is 0 Å². The fourth-order valence-corrected chi connectivity index (χ4v) is 10.9. The van der Waals surface area contributed by atoms with Crippen molar-refractivity contribution in [1.29, 1.82) is 0 Å². The second-order valence-corrected chi connectivity index (χ2v) is 20.3. The Hall–Kier alpha value is -1.44. The number of unbranched alkanes of at least 4 members (excludes halogenated alkanes) is 2. The molecule has 4 aliphatic carbocycles. The van der Waals surface area contributed by atoms with Gasteiger partial charge in [-0.2, -0.15) is 0 Å². The lowest BCUT2D eigenvalue weighted by atomic mass is 9.47. The van der Waals surface area contributed by atoms with Crippen molar-refractivity contribution in [3.05, 3.63) is 11.6 Å². The van der Waals surface area contributed by atoms with E-state index in [1.807, 2.05) is 32.6 Å². The highest BCUT2D eigenvalue weighted by Gasteiger charge is 2.58. The molecular formula is C45H82N4O3. The molecule has 0 aromatic heterocycles. The molecule has 4 rings (SSSR count). The summed E-state index contributed by atoms with van der Waals surface area (Å²) >= 11 is 0. The second kappa shape index (κ2) is 18.9. The second-order valence-electron chi connectivity index (χ2n) is 20.3. The smallest absolute Gasteiger partial charge is 0.306 e. The van der Waals surface area contributed by atoms with E-state index in [9.17, 15) is 9.59 Å². The molecule has 3 saturated carbocycles. The van der Waals surface area contributed by atoms with Crippen molar-refractivity contribution >= 4 is 11.9 Å². The molecule has 0 aromatic rings. The number of allylic oxidation sites excluding steroid dienone is 1. The van der Waals surface area contributed by atoms with Crippen LogP contribution >= 0.6 is 0 Å². The van der Waals surface area contributed by atoms with Crippen LogP contribution in [0.3, 0.4) is 0 Å². The van der Waals surface area contributed by atoms with E-state index in [1.165, 1.54) is 57.8 Å². The summed E-state index contributed by atoms with van der Waals surface area (Å²) in [5, 5.41) is 3.47. The molecule has 0 radical (unpaired) electrons. The molecule has 7 unspecified atom stereocenters. The Morgan fingerprint density at radius 1 is 0.885 bits per heavy atom. The van der Waals surface area contributed by atoms with Crippen molar-refractivity contribution in [2.45, 2.75) is 195 Å². The van der Waals surface area contributed by atoms with Gasteiger partial charge in [0.2, 0.25) is 5.91 Å². The average Bonchev–Trinajstić information content (AvgIpc) is 3.39. The molecule has 4 aliphatic rings. The quantitative estimate of drug-likeness (QED) is 0.0618. The molecule has 0 aliphatic heterocycles. The highest BCUT2D eigenvalue weighted by Crippen LogP contribution is 2.66. The molecule has 0 bridgehead atoms. The zero-order valence-corrected chi connectivity index (χ0v) is 35.1. The summed E-state index contributed by atoms with van der Waals surface area (Å²) < 4.78 is 6.11. The number of nitrogens with zero attached hydrogens (tertiary/aromatic N) is 1. The molecule has 7 nitrogen and oxygen atoms in total. The summed E-state index contributed by atoms with van der Waals surface area (Å²) in [5.41, 5.74) is 14.2. The third-order valence-electron chi connectivity index (χ3n) is 14.3. The van der Waals surface area contributed by atoms with Crippen molar-refractivity contribution in [2.24, 2.45) is 51.9 Å². The van der Waals surface area contributed by atoms with E-state index >= 15 is 0 Å². The van der Waals surface area contributed by atoms with Crippen molar-refractivity contribution < 1.29 is 14.3 Å². The number of esters is 1. The van der Waals surface area contributed by atoms with Gasteiger partial charge in [-0.05, 0) is 165 Å². The molecule has 1 amide bonds. The van der Waals surface area contributed by atoms with E-state index in [0.29, 0.717) is 31.2 Å². The number of hydrogen-bond acceptors (Lipinski definition) is 6. The van der Waals surface area contributed by atoms with Crippen LogP contribution in [0.2, 0.25) is 0 Å². The number of amides is 1. The summed E-state index contributed by atoms with van der Waals surface area (Å²) in [6.45, 7) is 21.3. The van der Waals surface area contributed by atoms with Crippen LogP contribution in [0.15, 0.2) is 11.6 Å². The normalized spacial score (nSPS) is 30.4. The van der Waals surface area contributed by atoms with Gasteiger partial charge >= 0.3 is 5.97 Å². The maximum atomic E-state index is 13.3. The van der Waals surface area contributed by atoms with E-state index in [4.69, 9.17) is 16.2 Å². The first-order valence-electron chi connectivity index (χ1n) is 21.9. The van der Waals surface area contributed by atoms with Gasteiger partial charge in [-0.15, -0.1) is 0 Å². The van der Waals surface area contributed by atoms with Gasteiger partial charge in [-0.25, -0.2) is 0 Å². The van der Waals surface area contributed by atoms with Crippen LogP contribution in [-0.2, 0) is 14.3 Å².